The molecule has 2 N–H and O–H groups in total. The lowest BCUT2D eigenvalue weighted by Gasteiger charge is -2.11. The maximum Gasteiger partial charge on any atom is 0.220 e. The van der Waals surface area contributed by atoms with Crippen LogP contribution in [0.5, 0.6) is 0 Å². The third-order valence-corrected chi connectivity index (χ3v) is 2.84. The van der Waals surface area contributed by atoms with Gasteiger partial charge in [-0.15, -0.1) is 0 Å². The van der Waals surface area contributed by atoms with Crippen molar-refractivity contribution in [3.8, 4) is 0 Å². The maximum atomic E-state index is 11.0. The SMILES string of the molecule is CCCc1cc(NCC2CCC(=O)N2)ncn1. The van der Waals surface area contributed by atoms with Crippen molar-refractivity contribution in [3.05, 3.63) is 18.1 Å². The summed E-state index contributed by atoms with van der Waals surface area (Å²) in [7, 11) is 0. The second-order valence-corrected chi connectivity index (χ2v) is 4.33. The number of carbonyl (C=O) groups excluding carboxylic acids is 1. The van der Waals surface area contributed by atoms with Gasteiger partial charge in [0.2, 0.25) is 5.91 Å². The van der Waals surface area contributed by atoms with E-state index in [2.05, 4.69) is 27.5 Å². The number of nitrogens with one attached hydrogen (secondary N) is 2. The molecule has 0 aliphatic carbocycles. The smallest absolute Gasteiger partial charge is 0.220 e. The van der Waals surface area contributed by atoms with Gasteiger partial charge in [0.05, 0.1) is 0 Å². The first kappa shape index (κ1) is 11.8. The lowest BCUT2D eigenvalue weighted by atomic mass is 10.2. The summed E-state index contributed by atoms with van der Waals surface area (Å²) in [6.07, 6.45) is 5.17. The summed E-state index contributed by atoms with van der Waals surface area (Å²) in [6, 6.07) is 2.20. The van der Waals surface area contributed by atoms with Gasteiger partial charge in [0, 0.05) is 30.8 Å². The molecule has 0 radical (unpaired) electrons. The van der Waals surface area contributed by atoms with Crippen LogP contribution >= 0.6 is 0 Å². The van der Waals surface area contributed by atoms with Crippen molar-refractivity contribution in [1.29, 1.82) is 0 Å². The molecule has 1 amide bonds. The molecule has 1 fully saturated rings. The molecular formula is C12H18N4O. The number of hydrogen-bond acceptors (Lipinski definition) is 4. The van der Waals surface area contributed by atoms with Crippen LogP contribution in [0.4, 0.5) is 5.82 Å². The summed E-state index contributed by atoms with van der Waals surface area (Å²) in [4.78, 5) is 19.4. The molecule has 5 nitrogen and oxygen atoms in total. The molecule has 2 heterocycles. The normalized spacial score (nSPS) is 19.1. The highest BCUT2D eigenvalue weighted by Gasteiger charge is 2.20. The lowest BCUT2D eigenvalue weighted by molar-refractivity contribution is -0.119. The third kappa shape index (κ3) is 3.41. The van der Waals surface area contributed by atoms with E-state index >= 15 is 0 Å². The Morgan fingerprint density at radius 2 is 2.41 bits per heavy atom. The van der Waals surface area contributed by atoms with Crippen LogP contribution in [0, 0.1) is 0 Å². The molecule has 2 rings (SSSR count). The van der Waals surface area contributed by atoms with Crippen molar-refractivity contribution in [2.45, 2.75) is 38.6 Å². The van der Waals surface area contributed by atoms with Crippen molar-refractivity contribution in [3.63, 3.8) is 0 Å². The van der Waals surface area contributed by atoms with Gasteiger partial charge in [-0.1, -0.05) is 13.3 Å². The van der Waals surface area contributed by atoms with Gasteiger partial charge in [-0.25, -0.2) is 9.97 Å². The number of aromatic nitrogens is 2. The van der Waals surface area contributed by atoms with Crippen LogP contribution in [0.2, 0.25) is 0 Å². The Kier molecular flexibility index (Phi) is 3.90. The van der Waals surface area contributed by atoms with Crippen molar-refractivity contribution < 1.29 is 4.79 Å². The summed E-state index contributed by atoms with van der Waals surface area (Å²) >= 11 is 0. The molecule has 0 aromatic carbocycles. The zero-order valence-electron chi connectivity index (χ0n) is 10.1. The van der Waals surface area contributed by atoms with Gasteiger partial charge in [-0.2, -0.15) is 0 Å². The Hall–Kier alpha value is -1.65. The van der Waals surface area contributed by atoms with E-state index in [4.69, 9.17) is 0 Å². The first-order valence-electron chi connectivity index (χ1n) is 6.12. The summed E-state index contributed by atoms with van der Waals surface area (Å²) in [5.41, 5.74) is 1.06. The second kappa shape index (κ2) is 5.61. The van der Waals surface area contributed by atoms with Gasteiger partial charge < -0.3 is 10.6 Å². The summed E-state index contributed by atoms with van der Waals surface area (Å²) in [5, 5.41) is 6.16. The molecule has 1 aliphatic rings. The average Bonchev–Trinajstić information content (AvgIpc) is 2.74. The molecule has 1 aliphatic heterocycles. The van der Waals surface area contributed by atoms with E-state index in [-0.39, 0.29) is 11.9 Å². The fourth-order valence-electron chi connectivity index (χ4n) is 1.95. The Balaban J connectivity index is 1.85. The molecule has 1 unspecified atom stereocenters. The van der Waals surface area contributed by atoms with E-state index in [0.29, 0.717) is 6.42 Å². The van der Waals surface area contributed by atoms with Gasteiger partial charge >= 0.3 is 0 Å². The molecule has 17 heavy (non-hydrogen) atoms. The van der Waals surface area contributed by atoms with E-state index in [9.17, 15) is 4.79 Å². The number of carbonyl (C=O) groups is 1. The number of amides is 1. The molecule has 1 aromatic heterocycles. The fourth-order valence-corrected chi connectivity index (χ4v) is 1.95. The number of nitrogens with zero attached hydrogens (tertiary/aromatic N) is 2. The molecular weight excluding hydrogens is 216 g/mol. The number of anilines is 1. The molecule has 1 atom stereocenters. The minimum atomic E-state index is 0.145. The standard InChI is InChI=1S/C12H18N4O/c1-2-3-9-6-11(15-8-14-9)13-7-10-4-5-12(17)16-10/h6,8,10H,2-5,7H2,1H3,(H,16,17)(H,13,14,15). The van der Waals surface area contributed by atoms with Gasteiger partial charge in [0.15, 0.2) is 0 Å². The van der Waals surface area contributed by atoms with Gasteiger partial charge in [0.1, 0.15) is 12.1 Å². The van der Waals surface area contributed by atoms with Gasteiger partial charge in [-0.05, 0) is 12.8 Å². The predicted octanol–water partition coefficient (Wildman–Crippen LogP) is 1.12. The van der Waals surface area contributed by atoms with Crippen LogP contribution in [0.3, 0.4) is 0 Å². The lowest BCUT2D eigenvalue weighted by Crippen LogP contribution is -2.32. The largest absolute Gasteiger partial charge is 0.368 e. The Bertz CT molecular complexity index is 394. The van der Waals surface area contributed by atoms with Crippen LogP contribution in [0.25, 0.3) is 0 Å². The molecule has 0 spiro atoms. The molecule has 0 bridgehead atoms. The first-order chi connectivity index (χ1) is 8.28. The van der Waals surface area contributed by atoms with E-state index < -0.39 is 0 Å². The predicted molar refractivity (Wildman–Crippen MR) is 65.7 cm³/mol. The van der Waals surface area contributed by atoms with Crippen molar-refractivity contribution >= 4 is 11.7 Å². The minimum absolute atomic E-state index is 0.145. The zero-order valence-corrected chi connectivity index (χ0v) is 10.1. The monoisotopic (exact) mass is 234 g/mol. The topological polar surface area (TPSA) is 66.9 Å². The number of rotatable bonds is 5. The Labute approximate surface area is 101 Å². The maximum absolute atomic E-state index is 11.0. The van der Waals surface area contributed by atoms with Crippen LogP contribution in [-0.4, -0.2) is 28.5 Å². The molecule has 5 heteroatoms. The summed E-state index contributed by atoms with van der Waals surface area (Å²) in [5.74, 6) is 0.982. The van der Waals surface area contributed by atoms with Crippen molar-refractivity contribution in [2.75, 3.05) is 11.9 Å². The fraction of sp³-hybridized carbons (Fsp3) is 0.583. The average molecular weight is 234 g/mol. The minimum Gasteiger partial charge on any atom is -0.368 e. The van der Waals surface area contributed by atoms with E-state index in [1.165, 1.54) is 0 Å². The van der Waals surface area contributed by atoms with Crippen LogP contribution in [-0.2, 0) is 11.2 Å². The van der Waals surface area contributed by atoms with Crippen LogP contribution in [0.15, 0.2) is 12.4 Å². The second-order valence-electron chi connectivity index (χ2n) is 4.33. The summed E-state index contributed by atoms with van der Waals surface area (Å²) in [6.45, 7) is 2.86. The third-order valence-electron chi connectivity index (χ3n) is 2.84. The van der Waals surface area contributed by atoms with Crippen molar-refractivity contribution in [2.24, 2.45) is 0 Å². The number of aryl methyl sites for hydroxylation is 1. The van der Waals surface area contributed by atoms with Gasteiger partial charge in [0.25, 0.3) is 0 Å². The highest BCUT2D eigenvalue weighted by Crippen LogP contribution is 2.09. The molecule has 1 saturated heterocycles. The Morgan fingerprint density at radius 3 is 3.12 bits per heavy atom. The highest BCUT2D eigenvalue weighted by molar-refractivity contribution is 5.78. The molecule has 1 aromatic rings. The van der Waals surface area contributed by atoms with Crippen LogP contribution in [0.1, 0.15) is 31.9 Å². The summed E-state index contributed by atoms with van der Waals surface area (Å²) < 4.78 is 0. The van der Waals surface area contributed by atoms with E-state index in [1.807, 2.05) is 6.07 Å². The first-order valence-corrected chi connectivity index (χ1v) is 6.12. The Morgan fingerprint density at radius 1 is 1.53 bits per heavy atom. The zero-order chi connectivity index (χ0) is 12.1. The van der Waals surface area contributed by atoms with Crippen LogP contribution < -0.4 is 10.6 Å². The quantitative estimate of drug-likeness (QED) is 0.801. The molecule has 92 valence electrons. The van der Waals surface area contributed by atoms with E-state index in [1.54, 1.807) is 6.33 Å². The highest BCUT2D eigenvalue weighted by atomic mass is 16.1. The van der Waals surface area contributed by atoms with Crippen molar-refractivity contribution in [1.82, 2.24) is 15.3 Å². The number of hydrogen-bond donors (Lipinski definition) is 2. The van der Waals surface area contributed by atoms with E-state index in [0.717, 1.165) is 37.3 Å². The molecule has 0 saturated carbocycles. The van der Waals surface area contributed by atoms with Gasteiger partial charge in [-0.3, -0.25) is 4.79 Å².